The molecule has 5 heteroatoms. The van der Waals surface area contributed by atoms with Crippen LogP contribution in [0.1, 0.15) is 44.9 Å². The molecule has 0 spiro atoms. The molecule has 0 aromatic rings. The van der Waals surface area contributed by atoms with Crippen LogP contribution >= 0.6 is 0 Å². The zero-order valence-corrected chi connectivity index (χ0v) is 12.1. The van der Waals surface area contributed by atoms with Gasteiger partial charge in [-0.15, -0.1) is 0 Å². The van der Waals surface area contributed by atoms with Crippen molar-refractivity contribution in [1.82, 2.24) is 15.5 Å². The van der Waals surface area contributed by atoms with Crippen LogP contribution in [0.15, 0.2) is 0 Å². The lowest BCUT2D eigenvalue weighted by atomic mass is 9.80. The van der Waals surface area contributed by atoms with E-state index >= 15 is 0 Å². The van der Waals surface area contributed by atoms with E-state index in [4.69, 9.17) is 0 Å². The molecule has 0 aromatic heterocycles. The minimum Gasteiger partial charge on any atom is -0.388 e. The average molecular weight is 269 g/mol. The topological polar surface area (TPSA) is 64.6 Å². The van der Waals surface area contributed by atoms with Crippen molar-refractivity contribution in [1.29, 1.82) is 0 Å². The highest BCUT2D eigenvalue weighted by Crippen LogP contribution is 2.30. The summed E-state index contributed by atoms with van der Waals surface area (Å²) in [5, 5.41) is 15.8. The Hall–Kier alpha value is -0.810. The molecule has 2 atom stereocenters. The summed E-state index contributed by atoms with van der Waals surface area (Å²) < 4.78 is 0. The van der Waals surface area contributed by atoms with Gasteiger partial charge in [0.25, 0.3) is 0 Å². The molecule has 110 valence electrons. The Morgan fingerprint density at radius 3 is 2.63 bits per heavy atom. The number of nitrogens with zero attached hydrogens (tertiary/aromatic N) is 1. The van der Waals surface area contributed by atoms with Crippen LogP contribution in [0.4, 0.5) is 4.79 Å². The van der Waals surface area contributed by atoms with Crippen molar-refractivity contribution in [3.05, 3.63) is 0 Å². The van der Waals surface area contributed by atoms with E-state index in [0.717, 1.165) is 38.5 Å². The number of rotatable bonds is 4. The Kier molecular flexibility index (Phi) is 4.68. The van der Waals surface area contributed by atoms with E-state index < -0.39 is 5.60 Å². The average Bonchev–Trinajstić information content (AvgIpc) is 2.34. The van der Waals surface area contributed by atoms with Crippen LogP contribution in [0.3, 0.4) is 0 Å². The quantitative estimate of drug-likeness (QED) is 0.715. The molecule has 2 unspecified atom stereocenters. The zero-order chi connectivity index (χ0) is 13.9. The lowest BCUT2D eigenvalue weighted by molar-refractivity contribution is -0.0291. The first-order valence-corrected chi connectivity index (χ1v) is 7.42. The molecule has 0 aromatic carbocycles. The molecule has 0 saturated heterocycles. The molecule has 2 fully saturated rings. The highest BCUT2D eigenvalue weighted by atomic mass is 16.3. The molecule has 3 N–H and O–H groups in total. The molecule has 0 heterocycles. The van der Waals surface area contributed by atoms with Crippen molar-refractivity contribution in [2.75, 3.05) is 20.6 Å². The smallest absolute Gasteiger partial charge is 0.315 e. The summed E-state index contributed by atoms with van der Waals surface area (Å²) in [5.74, 6) is 0. The van der Waals surface area contributed by atoms with E-state index in [2.05, 4.69) is 29.6 Å². The third-order valence-corrected chi connectivity index (χ3v) is 4.57. The van der Waals surface area contributed by atoms with Crippen molar-refractivity contribution in [3.8, 4) is 0 Å². The highest BCUT2D eigenvalue weighted by Gasteiger charge is 2.34. The number of hydrogen-bond donors (Lipinski definition) is 3. The van der Waals surface area contributed by atoms with Crippen molar-refractivity contribution >= 4 is 6.03 Å². The minimum absolute atomic E-state index is 0.135. The first-order chi connectivity index (χ1) is 8.98. The Balaban J connectivity index is 1.69. The van der Waals surface area contributed by atoms with Crippen LogP contribution in [0.2, 0.25) is 0 Å². The van der Waals surface area contributed by atoms with Crippen molar-refractivity contribution < 1.29 is 9.90 Å². The largest absolute Gasteiger partial charge is 0.388 e. The Labute approximate surface area is 115 Å². The number of carbonyl (C=O) groups is 1. The summed E-state index contributed by atoms with van der Waals surface area (Å²) in [4.78, 5) is 14.1. The first-order valence-electron chi connectivity index (χ1n) is 7.42. The predicted molar refractivity (Wildman–Crippen MR) is 75.1 cm³/mol. The van der Waals surface area contributed by atoms with Gasteiger partial charge in [-0.3, -0.25) is 0 Å². The standard InChI is InChI=1S/C14H27N3O2/c1-17(2)12-6-3-5-11(9-12)16-13(18)15-10-14(19)7-4-8-14/h11-12,19H,3-10H2,1-2H3,(H2,15,16,18). The van der Waals surface area contributed by atoms with E-state index in [1.165, 1.54) is 6.42 Å². The van der Waals surface area contributed by atoms with Crippen LogP contribution in [0, 0.1) is 0 Å². The van der Waals surface area contributed by atoms with Gasteiger partial charge in [0.2, 0.25) is 0 Å². The second-order valence-electron chi connectivity index (χ2n) is 6.39. The molecule has 0 aliphatic heterocycles. The Bertz CT molecular complexity index is 316. The summed E-state index contributed by atoms with van der Waals surface area (Å²) >= 11 is 0. The SMILES string of the molecule is CN(C)C1CCCC(NC(=O)NCC2(O)CCC2)C1. The number of aliphatic hydroxyl groups is 1. The molecular formula is C14H27N3O2. The van der Waals surface area contributed by atoms with Crippen LogP contribution in [0.25, 0.3) is 0 Å². The van der Waals surface area contributed by atoms with Gasteiger partial charge < -0.3 is 20.6 Å². The van der Waals surface area contributed by atoms with Gasteiger partial charge >= 0.3 is 6.03 Å². The molecule has 5 nitrogen and oxygen atoms in total. The number of hydrogen-bond acceptors (Lipinski definition) is 3. The number of carbonyl (C=O) groups excluding carboxylic acids is 1. The summed E-state index contributed by atoms with van der Waals surface area (Å²) in [6.45, 7) is 0.378. The second-order valence-corrected chi connectivity index (χ2v) is 6.39. The third kappa shape index (κ3) is 4.08. The molecule has 2 rings (SSSR count). The fraction of sp³-hybridized carbons (Fsp3) is 0.929. The van der Waals surface area contributed by atoms with Gasteiger partial charge in [-0.05, 0) is 59.0 Å². The van der Waals surface area contributed by atoms with Gasteiger partial charge in [-0.25, -0.2) is 4.79 Å². The third-order valence-electron chi connectivity index (χ3n) is 4.57. The number of urea groups is 1. The Morgan fingerprint density at radius 2 is 2.05 bits per heavy atom. The molecule has 2 amide bonds. The van der Waals surface area contributed by atoms with E-state index in [1.54, 1.807) is 0 Å². The molecule has 0 radical (unpaired) electrons. The summed E-state index contributed by atoms with van der Waals surface area (Å²) in [7, 11) is 4.19. The summed E-state index contributed by atoms with van der Waals surface area (Å²) in [6, 6.07) is 0.691. The highest BCUT2D eigenvalue weighted by molar-refractivity contribution is 5.74. The van der Waals surface area contributed by atoms with E-state index in [9.17, 15) is 9.90 Å². The van der Waals surface area contributed by atoms with Gasteiger partial charge in [-0.1, -0.05) is 0 Å². The second kappa shape index (κ2) is 6.09. The minimum atomic E-state index is -0.643. The maximum atomic E-state index is 11.8. The van der Waals surface area contributed by atoms with Gasteiger partial charge in [0.1, 0.15) is 0 Å². The van der Waals surface area contributed by atoms with Crippen LogP contribution in [0.5, 0.6) is 0 Å². The first kappa shape index (κ1) is 14.6. The lowest BCUT2D eigenvalue weighted by Gasteiger charge is -2.37. The van der Waals surface area contributed by atoms with Gasteiger partial charge in [-0.2, -0.15) is 0 Å². The van der Waals surface area contributed by atoms with Crippen LogP contribution in [-0.4, -0.2) is 54.4 Å². The monoisotopic (exact) mass is 269 g/mol. The number of nitrogens with one attached hydrogen (secondary N) is 2. The molecular weight excluding hydrogens is 242 g/mol. The molecule has 19 heavy (non-hydrogen) atoms. The van der Waals surface area contributed by atoms with Crippen molar-refractivity contribution in [2.24, 2.45) is 0 Å². The maximum absolute atomic E-state index is 11.8. The van der Waals surface area contributed by atoms with Crippen molar-refractivity contribution in [2.45, 2.75) is 62.6 Å². The lowest BCUT2D eigenvalue weighted by Crippen LogP contribution is -2.52. The number of amides is 2. The fourth-order valence-electron chi connectivity index (χ4n) is 3.01. The zero-order valence-electron chi connectivity index (χ0n) is 12.1. The van der Waals surface area contributed by atoms with Gasteiger partial charge in [0.05, 0.1) is 5.60 Å². The normalized spacial score (nSPS) is 29.7. The predicted octanol–water partition coefficient (Wildman–Crippen LogP) is 1.07. The van der Waals surface area contributed by atoms with E-state index in [-0.39, 0.29) is 12.1 Å². The molecule has 0 bridgehead atoms. The summed E-state index contributed by atoms with van der Waals surface area (Å²) in [5.41, 5.74) is -0.643. The van der Waals surface area contributed by atoms with Crippen LogP contribution in [-0.2, 0) is 0 Å². The van der Waals surface area contributed by atoms with Crippen molar-refractivity contribution in [3.63, 3.8) is 0 Å². The molecule has 2 saturated carbocycles. The van der Waals surface area contributed by atoms with Crippen LogP contribution < -0.4 is 10.6 Å². The van der Waals surface area contributed by atoms with Gasteiger partial charge in [0.15, 0.2) is 0 Å². The van der Waals surface area contributed by atoms with Gasteiger partial charge in [0, 0.05) is 18.6 Å². The van der Waals surface area contributed by atoms with E-state index in [0.29, 0.717) is 12.6 Å². The summed E-state index contributed by atoms with van der Waals surface area (Å²) in [6.07, 6.45) is 7.13. The van der Waals surface area contributed by atoms with E-state index in [1.807, 2.05) is 0 Å². The fourth-order valence-corrected chi connectivity index (χ4v) is 3.01. The maximum Gasteiger partial charge on any atom is 0.315 e. The molecule has 2 aliphatic carbocycles. The Morgan fingerprint density at radius 1 is 1.32 bits per heavy atom. The molecule has 2 aliphatic rings.